The number of amides is 1. The Bertz CT molecular complexity index is 1030. The van der Waals surface area contributed by atoms with E-state index in [0.29, 0.717) is 24.9 Å². The van der Waals surface area contributed by atoms with Crippen LogP contribution in [-0.4, -0.2) is 140 Å². The molecular formula is C32H50FN5O4. The van der Waals surface area contributed by atoms with Crippen molar-refractivity contribution < 1.29 is 23.5 Å². The lowest BCUT2D eigenvalue weighted by Gasteiger charge is -2.61. The summed E-state index contributed by atoms with van der Waals surface area (Å²) in [6.45, 7) is 8.01. The van der Waals surface area contributed by atoms with Gasteiger partial charge >= 0.3 is 0 Å². The molecule has 9 atom stereocenters. The predicted octanol–water partition coefficient (Wildman–Crippen LogP) is 1.67. The average Bonchev–Trinajstić information content (AvgIpc) is 3.01. The number of morpholine rings is 2. The molecule has 0 aromatic heterocycles. The Kier molecular flexibility index (Phi) is 8.62. The molecule has 7 rings (SSSR count). The fourth-order valence-electron chi connectivity index (χ4n) is 9.26. The fourth-order valence-corrected chi connectivity index (χ4v) is 9.26. The van der Waals surface area contributed by atoms with Gasteiger partial charge in [-0.1, -0.05) is 25.7 Å². The van der Waals surface area contributed by atoms with Gasteiger partial charge < -0.3 is 29.5 Å². The fraction of sp³-hybridized carbons (Fsp3) is 0.875. The predicted molar refractivity (Wildman–Crippen MR) is 157 cm³/mol. The minimum absolute atomic E-state index is 0.0126. The van der Waals surface area contributed by atoms with E-state index in [4.69, 9.17) is 9.47 Å². The van der Waals surface area contributed by atoms with E-state index in [0.717, 1.165) is 71.7 Å². The minimum atomic E-state index is -1.19. The van der Waals surface area contributed by atoms with E-state index in [1.165, 1.54) is 25.7 Å². The second kappa shape index (κ2) is 12.4. The van der Waals surface area contributed by atoms with E-state index in [1.54, 1.807) is 0 Å². The van der Waals surface area contributed by atoms with Crippen LogP contribution in [0.4, 0.5) is 4.39 Å². The molecule has 9 unspecified atom stereocenters. The second-order valence-corrected chi connectivity index (χ2v) is 14.1. The van der Waals surface area contributed by atoms with Crippen LogP contribution < -0.4 is 5.32 Å². The van der Waals surface area contributed by atoms with Crippen LogP contribution in [0.25, 0.3) is 0 Å². The van der Waals surface area contributed by atoms with Gasteiger partial charge in [-0.3, -0.25) is 14.5 Å². The maximum absolute atomic E-state index is 16.1. The Morgan fingerprint density at radius 1 is 1.02 bits per heavy atom. The first-order valence-corrected chi connectivity index (χ1v) is 16.8. The maximum Gasteiger partial charge on any atom is 0.259 e. The number of hydrogen-bond donors (Lipinski definition) is 1. The van der Waals surface area contributed by atoms with Crippen LogP contribution in [-0.2, 0) is 19.1 Å². The van der Waals surface area contributed by atoms with Crippen molar-refractivity contribution in [2.75, 3.05) is 72.6 Å². The molecule has 1 N–H and O–H groups in total. The molecule has 4 heterocycles. The molecule has 0 aromatic carbocycles. The number of piperazine rings is 1. The number of alkyl halides is 1. The maximum atomic E-state index is 16.1. The summed E-state index contributed by atoms with van der Waals surface area (Å²) < 4.78 is 28.5. The number of Topliss-reactive ketones (excluding diaryl/α,β-unsaturated/α-hetero) is 1. The third-order valence-corrected chi connectivity index (χ3v) is 11.6. The standard InChI is InChI=1S/C32H50FN5O4/c1-35-9-11-37(12-10-35)32(40)24-20-38-26-17-21-5-2-3-6-22(21)18-27(26)42-31-28(25(33)19-23(29(31)38)30(24)39)34-7-4-8-36-13-15-41-16-14-36/h20-23,25-29,31,34H,2-19H2,1H3. The monoisotopic (exact) mass is 587 g/mol. The summed E-state index contributed by atoms with van der Waals surface area (Å²) in [4.78, 5) is 36.6. The SMILES string of the molecule is CN1CCN(C(=O)C2=CN3C4CC5CCCCC5CC4OC4C(NCCCN5CCOCC5)C(F)CC(C2=O)C43)CC1. The summed E-state index contributed by atoms with van der Waals surface area (Å²) in [5.41, 5.74) is 0.273. The molecule has 1 amide bonds. The third kappa shape index (κ3) is 5.55. The Morgan fingerprint density at radius 2 is 1.76 bits per heavy atom. The number of nitrogens with one attached hydrogen (secondary N) is 1. The number of rotatable bonds is 6. The molecule has 7 aliphatic rings. The van der Waals surface area contributed by atoms with Gasteiger partial charge in [0.25, 0.3) is 5.91 Å². The molecule has 3 saturated carbocycles. The first-order valence-electron chi connectivity index (χ1n) is 16.8. The van der Waals surface area contributed by atoms with E-state index in [9.17, 15) is 9.59 Å². The number of nitrogens with zero attached hydrogens (tertiary/aromatic N) is 4. The van der Waals surface area contributed by atoms with Crippen LogP contribution in [0.2, 0.25) is 0 Å². The normalized spacial score (nSPS) is 41.0. The lowest BCUT2D eigenvalue weighted by atomic mass is 9.65. The molecule has 3 saturated heterocycles. The molecule has 4 aliphatic heterocycles. The third-order valence-electron chi connectivity index (χ3n) is 11.6. The van der Waals surface area contributed by atoms with Gasteiger partial charge in [0.1, 0.15) is 6.17 Å². The summed E-state index contributed by atoms with van der Waals surface area (Å²) in [5.74, 6) is 0.452. The number of likely N-dealkylation sites (N-methyl/N-ethyl adjacent to an activating group) is 1. The van der Waals surface area contributed by atoms with Gasteiger partial charge in [-0.25, -0.2) is 4.39 Å². The highest BCUT2D eigenvalue weighted by Gasteiger charge is 2.59. The summed E-state index contributed by atoms with van der Waals surface area (Å²) in [6, 6.07) is -0.513. The Hall–Kier alpha value is -1.59. The van der Waals surface area contributed by atoms with Gasteiger partial charge in [0.05, 0.1) is 49.1 Å². The van der Waals surface area contributed by atoms with Crippen molar-refractivity contribution >= 4 is 11.7 Å². The molecule has 9 nitrogen and oxygen atoms in total. The Morgan fingerprint density at radius 3 is 2.52 bits per heavy atom. The van der Waals surface area contributed by atoms with E-state index < -0.39 is 24.2 Å². The summed E-state index contributed by atoms with van der Waals surface area (Å²) in [5, 5.41) is 3.56. The molecule has 0 bridgehead atoms. The van der Waals surface area contributed by atoms with Crippen LogP contribution in [0.15, 0.2) is 11.8 Å². The summed E-state index contributed by atoms with van der Waals surface area (Å²) in [7, 11) is 2.06. The van der Waals surface area contributed by atoms with E-state index in [2.05, 4.69) is 27.1 Å². The topological polar surface area (TPSA) is 77.6 Å². The van der Waals surface area contributed by atoms with E-state index >= 15 is 4.39 Å². The van der Waals surface area contributed by atoms with Crippen molar-refractivity contribution in [1.82, 2.24) is 24.9 Å². The largest absolute Gasteiger partial charge is 0.379 e. The summed E-state index contributed by atoms with van der Waals surface area (Å²) >= 11 is 0. The van der Waals surface area contributed by atoms with Crippen LogP contribution in [0.1, 0.15) is 51.4 Å². The van der Waals surface area contributed by atoms with E-state index in [1.807, 2.05) is 11.1 Å². The number of ketones is 1. The zero-order valence-electron chi connectivity index (χ0n) is 25.3. The molecule has 10 heteroatoms. The first kappa shape index (κ1) is 29.1. The van der Waals surface area contributed by atoms with Crippen molar-refractivity contribution in [1.29, 1.82) is 0 Å². The average molecular weight is 588 g/mol. The van der Waals surface area contributed by atoms with Gasteiger partial charge in [0, 0.05) is 51.4 Å². The number of halogens is 1. The molecule has 0 radical (unpaired) electrons. The van der Waals surface area contributed by atoms with Gasteiger partial charge in [0.2, 0.25) is 0 Å². The second-order valence-electron chi connectivity index (χ2n) is 14.1. The van der Waals surface area contributed by atoms with Crippen molar-refractivity contribution in [3.8, 4) is 0 Å². The number of ether oxygens (including phenoxy) is 2. The number of hydrogen-bond acceptors (Lipinski definition) is 8. The van der Waals surface area contributed by atoms with Crippen LogP contribution in [0.3, 0.4) is 0 Å². The highest BCUT2D eigenvalue weighted by Crippen LogP contribution is 2.50. The van der Waals surface area contributed by atoms with Crippen molar-refractivity contribution in [3.05, 3.63) is 11.8 Å². The Balaban J connectivity index is 1.13. The van der Waals surface area contributed by atoms with Gasteiger partial charge in [-0.05, 0) is 57.7 Å². The summed E-state index contributed by atoms with van der Waals surface area (Å²) in [6.07, 6.45) is 8.56. The molecule has 6 fully saturated rings. The smallest absolute Gasteiger partial charge is 0.259 e. The molecular weight excluding hydrogens is 537 g/mol. The van der Waals surface area contributed by atoms with Gasteiger partial charge in [-0.15, -0.1) is 0 Å². The van der Waals surface area contributed by atoms with Crippen molar-refractivity contribution in [2.24, 2.45) is 17.8 Å². The number of carbonyl (C=O) groups excluding carboxylic acids is 2. The van der Waals surface area contributed by atoms with Gasteiger partial charge in [-0.2, -0.15) is 0 Å². The number of carbonyl (C=O) groups is 2. The van der Waals surface area contributed by atoms with Crippen LogP contribution in [0.5, 0.6) is 0 Å². The van der Waals surface area contributed by atoms with Gasteiger partial charge in [0.15, 0.2) is 5.78 Å². The molecule has 0 aromatic rings. The Labute approximate surface area is 250 Å². The minimum Gasteiger partial charge on any atom is -0.379 e. The number of fused-ring (bicyclic) bond motifs is 3. The van der Waals surface area contributed by atoms with Crippen molar-refractivity contribution in [3.63, 3.8) is 0 Å². The highest BCUT2D eigenvalue weighted by molar-refractivity contribution is 6.20. The van der Waals surface area contributed by atoms with Crippen LogP contribution >= 0.6 is 0 Å². The lowest BCUT2D eigenvalue weighted by Crippen LogP contribution is -2.73. The quantitative estimate of drug-likeness (QED) is 0.372. The zero-order valence-corrected chi connectivity index (χ0v) is 25.3. The molecule has 0 spiro atoms. The molecule has 42 heavy (non-hydrogen) atoms. The first-order chi connectivity index (χ1) is 20.5. The highest BCUT2D eigenvalue weighted by atomic mass is 19.1. The van der Waals surface area contributed by atoms with Crippen molar-refractivity contribution in [2.45, 2.75) is 87.9 Å². The molecule has 3 aliphatic carbocycles. The molecule has 234 valence electrons. The lowest BCUT2D eigenvalue weighted by molar-refractivity contribution is -0.208. The van der Waals surface area contributed by atoms with Crippen LogP contribution in [0, 0.1) is 17.8 Å². The van der Waals surface area contributed by atoms with E-state index in [-0.39, 0.29) is 41.9 Å². The zero-order chi connectivity index (χ0) is 28.8.